The molecule has 0 spiro atoms. The minimum Gasteiger partial charge on any atom is -0.321 e. The highest BCUT2D eigenvalue weighted by atomic mass is 35.5. The molecule has 19 heavy (non-hydrogen) atoms. The second-order valence-electron chi connectivity index (χ2n) is 3.74. The molecule has 0 saturated carbocycles. The Kier molecular flexibility index (Phi) is 3.79. The molecule has 2 aromatic rings. The molecule has 2 rings (SSSR count). The van der Waals surface area contributed by atoms with Crippen LogP contribution in [0.2, 0.25) is 5.02 Å². The standard InChI is InChI=1S/C14H8ClFN2O/c15-11-3-1-2-4-13(11)18-14(19)10-6-5-9(8-17)7-12(10)16/h1-7H,(H,18,19). The molecule has 2 aromatic carbocycles. The van der Waals surface area contributed by atoms with Gasteiger partial charge in [0.1, 0.15) is 5.82 Å². The van der Waals surface area contributed by atoms with E-state index in [1.165, 1.54) is 12.1 Å². The number of carbonyl (C=O) groups is 1. The molecule has 0 unspecified atom stereocenters. The average molecular weight is 275 g/mol. The lowest BCUT2D eigenvalue weighted by Crippen LogP contribution is -2.14. The first kappa shape index (κ1) is 13.1. The maximum atomic E-state index is 13.6. The zero-order valence-electron chi connectivity index (χ0n) is 9.65. The summed E-state index contributed by atoms with van der Waals surface area (Å²) in [6.07, 6.45) is 0. The number of nitriles is 1. The third kappa shape index (κ3) is 2.90. The predicted octanol–water partition coefficient (Wildman–Crippen LogP) is 3.60. The van der Waals surface area contributed by atoms with E-state index in [-0.39, 0.29) is 11.1 Å². The van der Waals surface area contributed by atoms with Crippen LogP contribution in [0.5, 0.6) is 0 Å². The van der Waals surface area contributed by atoms with Crippen molar-refractivity contribution in [2.45, 2.75) is 0 Å². The highest BCUT2D eigenvalue weighted by Gasteiger charge is 2.13. The third-order valence-corrected chi connectivity index (χ3v) is 2.79. The molecule has 0 saturated heterocycles. The Morgan fingerprint density at radius 3 is 2.63 bits per heavy atom. The number of carbonyl (C=O) groups excluding carboxylic acids is 1. The van der Waals surface area contributed by atoms with Gasteiger partial charge in [-0.05, 0) is 30.3 Å². The smallest absolute Gasteiger partial charge is 0.258 e. The van der Waals surface area contributed by atoms with Gasteiger partial charge in [0.2, 0.25) is 0 Å². The molecule has 0 aliphatic rings. The molecule has 0 bridgehead atoms. The first-order chi connectivity index (χ1) is 9.11. The zero-order valence-corrected chi connectivity index (χ0v) is 10.4. The van der Waals surface area contributed by atoms with Gasteiger partial charge in [-0.15, -0.1) is 0 Å². The molecule has 5 heteroatoms. The first-order valence-corrected chi connectivity index (χ1v) is 5.75. The summed E-state index contributed by atoms with van der Waals surface area (Å²) in [5.41, 5.74) is 0.420. The summed E-state index contributed by atoms with van der Waals surface area (Å²) in [4.78, 5) is 11.9. The van der Waals surface area contributed by atoms with Gasteiger partial charge < -0.3 is 5.32 Å². The van der Waals surface area contributed by atoms with Gasteiger partial charge in [-0.1, -0.05) is 23.7 Å². The van der Waals surface area contributed by atoms with Crippen molar-refractivity contribution >= 4 is 23.2 Å². The zero-order chi connectivity index (χ0) is 13.8. The SMILES string of the molecule is N#Cc1ccc(C(=O)Nc2ccccc2Cl)c(F)c1. The van der Waals surface area contributed by atoms with E-state index in [1.54, 1.807) is 30.3 Å². The van der Waals surface area contributed by atoms with Gasteiger partial charge in [-0.25, -0.2) is 4.39 Å². The van der Waals surface area contributed by atoms with E-state index in [4.69, 9.17) is 16.9 Å². The summed E-state index contributed by atoms with van der Waals surface area (Å²) in [5.74, 6) is -1.36. The Balaban J connectivity index is 2.26. The Labute approximate surface area is 114 Å². The molecule has 1 amide bonds. The molecule has 0 aliphatic heterocycles. The number of nitrogens with zero attached hydrogens (tertiary/aromatic N) is 1. The highest BCUT2D eigenvalue weighted by Crippen LogP contribution is 2.21. The van der Waals surface area contributed by atoms with Crippen molar-refractivity contribution in [3.05, 3.63) is 64.4 Å². The lowest BCUT2D eigenvalue weighted by atomic mass is 10.1. The number of benzene rings is 2. The van der Waals surface area contributed by atoms with Gasteiger partial charge in [0.25, 0.3) is 5.91 Å². The molecule has 0 aliphatic carbocycles. The van der Waals surface area contributed by atoms with Gasteiger partial charge in [0.05, 0.1) is 27.9 Å². The van der Waals surface area contributed by atoms with Crippen LogP contribution in [0, 0.1) is 17.1 Å². The van der Waals surface area contributed by atoms with Crippen LogP contribution < -0.4 is 5.32 Å². The van der Waals surface area contributed by atoms with Crippen molar-refractivity contribution in [1.82, 2.24) is 0 Å². The fourth-order valence-electron chi connectivity index (χ4n) is 1.52. The van der Waals surface area contributed by atoms with Crippen LogP contribution in [0.15, 0.2) is 42.5 Å². The minimum atomic E-state index is -0.747. The second-order valence-corrected chi connectivity index (χ2v) is 4.15. The molecule has 94 valence electrons. The quantitative estimate of drug-likeness (QED) is 0.909. The van der Waals surface area contributed by atoms with Crippen molar-refractivity contribution < 1.29 is 9.18 Å². The van der Waals surface area contributed by atoms with Crippen molar-refractivity contribution in [3.63, 3.8) is 0 Å². The third-order valence-electron chi connectivity index (χ3n) is 2.46. The Hall–Kier alpha value is -2.38. The van der Waals surface area contributed by atoms with Gasteiger partial charge in [-0.3, -0.25) is 4.79 Å². The highest BCUT2D eigenvalue weighted by molar-refractivity contribution is 6.33. The molecular formula is C14H8ClFN2O. The van der Waals surface area contributed by atoms with Gasteiger partial charge >= 0.3 is 0 Å². The maximum absolute atomic E-state index is 13.6. The van der Waals surface area contributed by atoms with E-state index in [0.717, 1.165) is 6.07 Å². The van der Waals surface area contributed by atoms with Crippen LogP contribution in [0.3, 0.4) is 0 Å². The molecule has 0 radical (unpaired) electrons. The van der Waals surface area contributed by atoms with Crippen LogP contribution in [0.4, 0.5) is 10.1 Å². The number of nitrogens with one attached hydrogen (secondary N) is 1. The fourth-order valence-corrected chi connectivity index (χ4v) is 1.70. The van der Waals surface area contributed by atoms with Crippen LogP contribution >= 0.6 is 11.6 Å². The van der Waals surface area contributed by atoms with Gasteiger partial charge in [0, 0.05) is 0 Å². The number of amides is 1. The van der Waals surface area contributed by atoms with Crippen molar-refractivity contribution in [1.29, 1.82) is 5.26 Å². The van der Waals surface area contributed by atoms with Crippen molar-refractivity contribution in [2.75, 3.05) is 5.32 Å². The maximum Gasteiger partial charge on any atom is 0.258 e. The number of hydrogen-bond acceptors (Lipinski definition) is 2. The molecule has 0 atom stereocenters. The molecular weight excluding hydrogens is 267 g/mol. The molecule has 0 heterocycles. The van der Waals surface area contributed by atoms with E-state index in [1.807, 2.05) is 0 Å². The predicted molar refractivity (Wildman–Crippen MR) is 70.5 cm³/mol. The molecule has 0 aromatic heterocycles. The molecule has 3 nitrogen and oxygen atoms in total. The monoisotopic (exact) mass is 274 g/mol. The Bertz CT molecular complexity index is 679. The molecule has 1 N–H and O–H groups in total. The van der Waals surface area contributed by atoms with E-state index in [9.17, 15) is 9.18 Å². The van der Waals surface area contributed by atoms with E-state index in [2.05, 4.69) is 5.32 Å². The first-order valence-electron chi connectivity index (χ1n) is 5.37. The topological polar surface area (TPSA) is 52.9 Å². The van der Waals surface area contributed by atoms with Crippen LogP contribution in [-0.2, 0) is 0 Å². The average Bonchev–Trinajstić information content (AvgIpc) is 2.41. The Morgan fingerprint density at radius 1 is 1.26 bits per heavy atom. The molecule has 0 fully saturated rings. The van der Waals surface area contributed by atoms with E-state index in [0.29, 0.717) is 10.7 Å². The largest absolute Gasteiger partial charge is 0.321 e. The summed E-state index contributed by atoms with van der Waals surface area (Å²) in [5, 5.41) is 11.5. The van der Waals surface area contributed by atoms with Gasteiger partial charge in [-0.2, -0.15) is 5.26 Å². The van der Waals surface area contributed by atoms with Crippen LogP contribution in [0.25, 0.3) is 0 Å². The van der Waals surface area contributed by atoms with Crippen LogP contribution in [0.1, 0.15) is 15.9 Å². The second kappa shape index (κ2) is 5.51. The summed E-state index contributed by atoms with van der Waals surface area (Å²) < 4.78 is 13.6. The van der Waals surface area contributed by atoms with E-state index < -0.39 is 11.7 Å². The summed E-state index contributed by atoms with van der Waals surface area (Å²) in [6.45, 7) is 0. The van der Waals surface area contributed by atoms with Crippen molar-refractivity contribution in [3.8, 4) is 6.07 Å². The van der Waals surface area contributed by atoms with Crippen molar-refractivity contribution in [2.24, 2.45) is 0 Å². The number of rotatable bonds is 2. The number of hydrogen-bond donors (Lipinski definition) is 1. The number of halogens is 2. The normalized spacial score (nSPS) is 9.74. The minimum absolute atomic E-state index is 0.140. The number of anilines is 1. The summed E-state index contributed by atoms with van der Waals surface area (Å²) in [6, 6.07) is 12.1. The number of para-hydroxylation sites is 1. The van der Waals surface area contributed by atoms with Gasteiger partial charge in [0.15, 0.2) is 0 Å². The Morgan fingerprint density at radius 2 is 2.00 bits per heavy atom. The summed E-state index contributed by atoms with van der Waals surface area (Å²) in [7, 11) is 0. The van der Waals surface area contributed by atoms with E-state index >= 15 is 0 Å². The lowest BCUT2D eigenvalue weighted by Gasteiger charge is -2.07. The fraction of sp³-hybridized carbons (Fsp3) is 0. The van der Waals surface area contributed by atoms with Crippen LogP contribution in [-0.4, -0.2) is 5.91 Å². The lowest BCUT2D eigenvalue weighted by molar-refractivity contribution is 0.102. The summed E-state index contributed by atoms with van der Waals surface area (Å²) >= 11 is 5.89.